The van der Waals surface area contributed by atoms with Gasteiger partial charge in [0.1, 0.15) is 0 Å². The van der Waals surface area contributed by atoms with Crippen LogP contribution in [0.25, 0.3) is 0 Å². The summed E-state index contributed by atoms with van der Waals surface area (Å²) in [6.07, 6.45) is 14.8. The smallest absolute Gasteiger partial charge is 0.224 e. The maximum absolute atomic E-state index is 11.6. The third kappa shape index (κ3) is 11.3. The summed E-state index contributed by atoms with van der Waals surface area (Å²) < 4.78 is 4.11. The number of aryl methyl sites for hydroxylation is 2. The van der Waals surface area contributed by atoms with E-state index in [0.29, 0.717) is 13.0 Å². The molecule has 1 amide bonds. The van der Waals surface area contributed by atoms with E-state index in [1.165, 1.54) is 5.56 Å². The highest BCUT2D eigenvalue weighted by molar-refractivity contribution is 5.78. The number of aromatic nitrogens is 4. The van der Waals surface area contributed by atoms with Crippen molar-refractivity contribution in [1.29, 1.82) is 0 Å². The third-order valence-corrected chi connectivity index (χ3v) is 5.44. The number of hydrogen-bond donors (Lipinski definition) is 2. The SMILES string of the molecule is O=C(Cc1ccccc1)NCCCn1ccnc1.c1ccc(CCNCCCn2ccnc2)cc1. The quantitative estimate of drug-likeness (QED) is 0.291. The molecule has 2 heterocycles. The Morgan fingerprint density at radius 3 is 1.86 bits per heavy atom. The van der Waals surface area contributed by atoms with E-state index in [9.17, 15) is 4.79 Å². The normalized spacial score (nSPS) is 10.4. The maximum atomic E-state index is 11.6. The molecule has 2 aromatic carbocycles. The first kappa shape index (κ1) is 25.9. The molecule has 0 saturated heterocycles. The second kappa shape index (κ2) is 16.0. The topological polar surface area (TPSA) is 76.8 Å². The molecule has 0 aliphatic carbocycles. The van der Waals surface area contributed by atoms with Crippen LogP contribution in [0.1, 0.15) is 24.0 Å². The van der Waals surface area contributed by atoms with Crippen molar-refractivity contribution in [3.63, 3.8) is 0 Å². The minimum Gasteiger partial charge on any atom is -0.356 e. The van der Waals surface area contributed by atoms with E-state index in [2.05, 4.69) is 55.5 Å². The molecule has 0 unspecified atom stereocenters. The summed E-state index contributed by atoms with van der Waals surface area (Å²) >= 11 is 0. The predicted octanol–water partition coefficient (Wildman–Crippen LogP) is 3.74. The summed E-state index contributed by atoms with van der Waals surface area (Å²) in [5, 5.41) is 6.38. The Hall–Kier alpha value is -3.71. The van der Waals surface area contributed by atoms with Gasteiger partial charge in [0.15, 0.2) is 0 Å². The fraction of sp³-hybridized carbons (Fsp3) is 0.321. The van der Waals surface area contributed by atoms with Crippen LogP contribution in [0, 0.1) is 0 Å². The lowest BCUT2D eigenvalue weighted by Gasteiger charge is -2.05. The zero-order valence-electron chi connectivity index (χ0n) is 20.3. The van der Waals surface area contributed by atoms with Crippen LogP contribution in [0.15, 0.2) is 98.1 Å². The highest BCUT2D eigenvalue weighted by Crippen LogP contribution is 2.00. The number of carbonyl (C=O) groups is 1. The number of hydrogen-bond acceptors (Lipinski definition) is 4. The van der Waals surface area contributed by atoms with Crippen molar-refractivity contribution in [3.05, 3.63) is 109 Å². The number of imidazole rings is 2. The van der Waals surface area contributed by atoms with E-state index in [0.717, 1.165) is 51.0 Å². The molecular weight excluding hydrogens is 436 g/mol. The molecule has 4 aromatic rings. The zero-order chi connectivity index (χ0) is 24.4. The Bertz CT molecular complexity index is 1030. The van der Waals surface area contributed by atoms with Crippen LogP contribution in [-0.2, 0) is 30.7 Å². The van der Waals surface area contributed by atoms with Crippen LogP contribution in [0.5, 0.6) is 0 Å². The molecule has 7 heteroatoms. The highest BCUT2D eigenvalue weighted by Gasteiger charge is 2.01. The summed E-state index contributed by atoms with van der Waals surface area (Å²) in [7, 11) is 0. The molecular formula is C28H36N6O. The van der Waals surface area contributed by atoms with Gasteiger partial charge < -0.3 is 19.8 Å². The summed E-state index contributed by atoms with van der Waals surface area (Å²) in [6, 6.07) is 20.4. The average Bonchev–Trinajstić information content (AvgIpc) is 3.60. The third-order valence-electron chi connectivity index (χ3n) is 5.44. The van der Waals surface area contributed by atoms with Crippen molar-refractivity contribution in [3.8, 4) is 0 Å². The van der Waals surface area contributed by atoms with Crippen LogP contribution >= 0.6 is 0 Å². The number of nitrogens with one attached hydrogen (secondary N) is 2. The van der Waals surface area contributed by atoms with E-state index >= 15 is 0 Å². The minimum absolute atomic E-state index is 0.0758. The number of rotatable bonds is 13. The monoisotopic (exact) mass is 472 g/mol. The fourth-order valence-corrected chi connectivity index (χ4v) is 3.56. The van der Waals surface area contributed by atoms with Gasteiger partial charge in [-0.3, -0.25) is 4.79 Å². The molecule has 184 valence electrons. The van der Waals surface area contributed by atoms with Gasteiger partial charge in [-0.15, -0.1) is 0 Å². The van der Waals surface area contributed by atoms with Crippen molar-refractivity contribution in [2.24, 2.45) is 0 Å². The van der Waals surface area contributed by atoms with Gasteiger partial charge in [0.2, 0.25) is 5.91 Å². The van der Waals surface area contributed by atoms with Crippen LogP contribution in [0.4, 0.5) is 0 Å². The summed E-state index contributed by atoms with van der Waals surface area (Å²) in [6.45, 7) is 4.73. The first-order chi connectivity index (χ1) is 17.3. The van der Waals surface area contributed by atoms with Crippen molar-refractivity contribution in [2.45, 2.75) is 38.8 Å². The molecule has 0 saturated carbocycles. The standard InChI is InChI=1S/C14H17N3O.C14H19N3/c18-14(11-13-5-2-1-3-6-13)16-7-4-9-17-10-8-15-12-17;1-2-5-14(6-3-1)7-9-15-8-4-11-17-12-10-16-13-17/h1-3,5-6,8,10,12H,4,7,9,11H2,(H,16,18);1-3,5-6,10,12-13,15H,4,7-9,11H2. The zero-order valence-corrected chi connectivity index (χ0v) is 20.3. The van der Waals surface area contributed by atoms with Crippen LogP contribution < -0.4 is 10.6 Å². The highest BCUT2D eigenvalue weighted by atomic mass is 16.1. The second-order valence-corrected chi connectivity index (χ2v) is 8.31. The van der Waals surface area contributed by atoms with E-state index in [4.69, 9.17) is 0 Å². The van der Waals surface area contributed by atoms with E-state index < -0.39 is 0 Å². The summed E-state index contributed by atoms with van der Waals surface area (Å²) in [4.78, 5) is 19.6. The van der Waals surface area contributed by atoms with Gasteiger partial charge in [-0.25, -0.2) is 9.97 Å². The predicted molar refractivity (Wildman–Crippen MR) is 140 cm³/mol. The summed E-state index contributed by atoms with van der Waals surface area (Å²) in [5.74, 6) is 0.0758. The van der Waals surface area contributed by atoms with Crippen molar-refractivity contribution in [1.82, 2.24) is 29.7 Å². The Balaban J connectivity index is 0.000000196. The lowest BCUT2D eigenvalue weighted by Crippen LogP contribution is -2.26. The molecule has 4 rings (SSSR count). The lowest BCUT2D eigenvalue weighted by atomic mass is 10.1. The maximum Gasteiger partial charge on any atom is 0.224 e. The average molecular weight is 473 g/mol. The minimum atomic E-state index is 0.0758. The molecule has 0 aliphatic heterocycles. The molecule has 2 aromatic heterocycles. The largest absolute Gasteiger partial charge is 0.356 e. The molecule has 0 aliphatic rings. The molecule has 0 spiro atoms. The summed E-state index contributed by atoms with van der Waals surface area (Å²) in [5.41, 5.74) is 2.44. The number of benzene rings is 2. The molecule has 7 nitrogen and oxygen atoms in total. The van der Waals surface area contributed by atoms with Gasteiger partial charge >= 0.3 is 0 Å². The fourth-order valence-electron chi connectivity index (χ4n) is 3.56. The molecule has 0 atom stereocenters. The van der Waals surface area contributed by atoms with Crippen molar-refractivity contribution >= 4 is 5.91 Å². The van der Waals surface area contributed by atoms with E-state index in [1.54, 1.807) is 12.5 Å². The van der Waals surface area contributed by atoms with Gasteiger partial charge in [0, 0.05) is 44.4 Å². The second-order valence-electron chi connectivity index (χ2n) is 8.31. The van der Waals surface area contributed by atoms with Crippen LogP contribution in [-0.4, -0.2) is 44.6 Å². The Kier molecular flexibility index (Phi) is 11.8. The number of carbonyl (C=O) groups excluding carboxylic acids is 1. The Labute approximate surface area is 208 Å². The molecule has 35 heavy (non-hydrogen) atoms. The van der Waals surface area contributed by atoms with Crippen molar-refractivity contribution in [2.75, 3.05) is 19.6 Å². The van der Waals surface area contributed by atoms with Gasteiger partial charge in [0.05, 0.1) is 19.1 Å². The Morgan fingerprint density at radius 2 is 1.29 bits per heavy atom. The van der Waals surface area contributed by atoms with Crippen molar-refractivity contribution < 1.29 is 4.79 Å². The Morgan fingerprint density at radius 1 is 0.714 bits per heavy atom. The van der Waals surface area contributed by atoms with Gasteiger partial charge in [-0.05, 0) is 43.5 Å². The van der Waals surface area contributed by atoms with E-state index in [1.807, 2.05) is 59.8 Å². The molecule has 0 bridgehead atoms. The first-order valence-electron chi connectivity index (χ1n) is 12.3. The molecule has 2 N–H and O–H groups in total. The molecule has 0 fully saturated rings. The van der Waals surface area contributed by atoms with E-state index in [-0.39, 0.29) is 5.91 Å². The lowest BCUT2D eigenvalue weighted by molar-refractivity contribution is -0.120. The number of amides is 1. The van der Waals surface area contributed by atoms with Crippen LogP contribution in [0.3, 0.4) is 0 Å². The number of nitrogens with zero attached hydrogens (tertiary/aromatic N) is 4. The van der Waals surface area contributed by atoms with Gasteiger partial charge in [-0.1, -0.05) is 60.7 Å². The van der Waals surface area contributed by atoms with Gasteiger partial charge in [0.25, 0.3) is 0 Å². The van der Waals surface area contributed by atoms with Gasteiger partial charge in [-0.2, -0.15) is 0 Å². The van der Waals surface area contributed by atoms with Crippen LogP contribution in [0.2, 0.25) is 0 Å². The first-order valence-corrected chi connectivity index (χ1v) is 12.3. The molecule has 0 radical (unpaired) electrons.